The predicted octanol–water partition coefficient (Wildman–Crippen LogP) is 0.958. The Labute approximate surface area is 130 Å². The summed E-state index contributed by atoms with van der Waals surface area (Å²) in [6.07, 6.45) is -0.0140. The first kappa shape index (κ1) is 14.9. The number of amides is 1. The molecule has 1 aromatic heterocycles. The number of nitrogens with two attached hydrogens (primary N) is 1. The van der Waals surface area contributed by atoms with Crippen LogP contribution in [0, 0.1) is 5.82 Å². The van der Waals surface area contributed by atoms with Crippen LogP contribution < -0.4 is 10.6 Å². The van der Waals surface area contributed by atoms with Gasteiger partial charge in [-0.2, -0.15) is 0 Å². The number of hydrogen-bond donors (Lipinski definition) is 1. The zero-order chi connectivity index (χ0) is 15.5. The number of morpholine rings is 1. The summed E-state index contributed by atoms with van der Waals surface area (Å²) in [5.74, 6) is -0.728. The van der Waals surface area contributed by atoms with E-state index < -0.39 is 12.0 Å². The molecule has 22 heavy (non-hydrogen) atoms. The van der Waals surface area contributed by atoms with Gasteiger partial charge < -0.3 is 15.4 Å². The summed E-state index contributed by atoms with van der Waals surface area (Å²) < 4.78 is 18.2. The van der Waals surface area contributed by atoms with Crippen LogP contribution in [-0.4, -0.2) is 41.9 Å². The maximum absolute atomic E-state index is 12.9. The smallest absolute Gasteiger partial charge is 0.248 e. The van der Waals surface area contributed by atoms with Crippen molar-refractivity contribution in [2.45, 2.75) is 12.5 Å². The fraction of sp³-hybridized carbons (Fsp3) is 0.357. The minimum absolute atomic E-state index is 0.257. The van der Waals surface area contributed by atoms with Gasteiger partial charge in [-0.1, -0.05) is 23.5 Å². The summed E-state index contributed by atoms with van der Waals surface area (Å²) >= 11 is 1.45. The van der Waals surface area contributed by atoms with Gasteiger partial charge in [-0.3, -0.25) is 4.79 Å². The second-order valence-electron chi connectivity index (χ2n) is 4.99. The van der Waals surface area contributed by atoms with Crippen molar-refractivity contribution in [1.82, 2.24) is 10.2 Å². The number of carbonyl (C=O) groups excluding carboxylic acids is 1. The number of nitrogens with zero attached hydrogens (tertiary/aromatic N) is 3. The molecular formula is C14H15FN4O2S. The monoisotopic (exact) mass is 322 g/mol. The van der Waals surface area contributed by atoms with E-state index in [1.807, 2.05) is 4.90 Å². The maximum Gasteiger partial charge on any atom is 0.248 e. The van der Waals surface area contributed by atoms with Crippen molar-refractivity contribution in [1.29, 1.82) is 0 Å². The average Bonchev–Trinajstić information content (AvgIpc) is 2.98. The summed E-state index contributed by atoms with van der Waals surface area (Å²) in [6, 6.07) is 6.32. The molecule has 1 unspecified atom stereocenters. The third-order valence-corrected chi connectivity index (χ3v) is 4.36. The van der Waals surface area contributed by atoms with E-state index in [-0.39, 0.29) is 5.82 Å². The zero-order valence-electron chi connectivity index (χ0n) is 11.7. The Hall–Kier alpha value is -2.06. The highest BCUT2D eigenvalue weighted by atomic mass is 32.1. The predicted molar refractivity (Wildman–Crippen MR) is 80.3 cm³/mol. The van der Waals surface area contributed by atoms with Crippen LogP contribution in [0.15, 0.2) is 24.3 Å². The van der Waals surface area contributed by atoms with Crippen molar-refractivity contribution in [3.05, 3.63) is 40.7 Å². The summed E-state index contributed by atoms with van der Waals surface area (Å²) in [5.41, 5.74) is 6.25. The first-order chi connectivity index (χ1) is 10.6. The molecule has 0 bridgehead atoms. The van der Waals surface area contributed by atoms with Gasteiger partial charge in [-0.05, 0) is 17.7 Å². The van der Waals surface area contributed by atoms with E-state index in [1.165, 1.54) is 23.5 Å². The maximum atomic E-state index is 12.9. The third-order valence-electron chi connectivity index (χ3n) is 3.38. The molecule has 0 radical (unpaired) electrons. The fourth-order valence-corrected chi connectivity index (χ4v) is 3.12. The lowest BCUT2D eigenvalue weighted by atomic mass is 10.2. The van der Waals surface area contributed by atoms with Gasteiger partial charge in [0.2, 0.25) is 11.0 Å². The molecule has 1 aliphatic rings. The topological polar surface area (TPSA) is 81.3 Å². The number of carbonyl (C=O) groups is 1. The molecule has 1 amide bonds. The van der Waals surface area contributed by atoms with Crippen molar-refractivity contribution in [2.75, 3.05) is 24.6 Å². The van der Waals surface area contributed by atoms with E-state index in [1.54, 1.807) is 12.1 Å². The normalized spacial score (nSPS) is 18.4. The van der Waals surface area contributed by atoms with Gasteiger partial charge in [0, 0.05) is 13.0 Å². The second-order valence-corrected chi connectivity index (χ2v) is 6.03. The van der Waals surface area contributed by atoms with Crippen molar-refractivity contribution >= 4 is 22.4 Å². The van der Waals surface area contributed by atoms with Crippen LogP contribution in [0.25, 0.3) is 0 Å². The van der Waals surface area contributed by atoms with Gasteiger partial charge in [0.15, 0.2) is 6.10 Å². The highest BCUT2D eigenvalue weighted by Crippen LogP contribution is 2.24. The molecule has 6 nitrogen and oxygen atoms in total. The second kappa shape index (κ2) is 6.37. The van der Waals surface area contributed by atoms with E-state index in [0.29, 0.717) is 26.1 Å². The van der Waals surface area contributed by atoms with Gasteiger partial charge in [0.1, 0.15) is 10.8 Å². The Morgan fingerprint density at radius 2 is 2.18 bits per heavy atom. The molecule has 1 fully saturated rings. The minimum atomic E-state index is -0.613. The highest BCUT2D eigenvalue weighted by molar-refractivity contribution is 7.15. The number of hydrogen-bond acceptors (Lipinski definition) is 6. The van der Waals surface area contributed by atoms with Crippen LogP contribution in [0.4, 0.5) is 9.52 Å². The number of ether oxygens (including phenoxy) is 1. The van der Waals surface area contributed by atoms with Crippen LogP contribution in [-0.2, 0) is 16.0 Å². The standard InChI is InChI=1S/C14H15FN4O2S/c15-10-3-1-9(2-4-10)7-12-17-18-14(22-12)19-5-6-21-11(8-19)13(16)20/h1-4,11H,5-8H2,(H2,16,20). The van der Waals surface area contributed by atoms with Gasteiger partial charge in [-0.15, -0.1) is 10.2 Å². The van der Waals surface area contributed by atoms with Crippen LogP contribution >= 0.6 is 11.3 Å². The number of aromatic nitrogens is 2. The van der Waals surface area contributed by atoms with E-state index in [2.05, 4.69) is 10.2 Å². The third kappa shape index (κ3) is 3.40. The molecule has 1 aromatic carbocycles. The molecule has 1 aliphatic heterocycles. The van der Waals surface area contributed by atoms with Crippen LogP contribution in [0.1, 0.15) is 10.6 Å². The van der Waals surface area contributed by atoms with Gasteiger partial charge >= 0.3 is 0 Å². The Kier molecular flexibility index (Phi) is 4.30. The largest absolute Gasteiger partial charge is 0.367 e. The van der Waals surface area contributed by atoms with E-state index in [4.69, 9.17) is 10.5 Å². The first-order valence-corrected chi connectivity index (χ1v) is 7.66. The molecule has 2 aromatic rings. The molecule has 1 saturated heterocycles. The quantitative estimate of drug-likeness (QED) is 0.907. The number of benzene rings is 1. The fourth-order valence-electron chi connectivity index (χ4n) is 2.22. The number of halogens is 1. The van der Waals surface area contributed by atoms with Crippen molar-refractivity contribution in [3.63, 3.8) is 0 Å². The van der Waals surface area contributed by atoms with Crippen LogP contribution in [0.2, 0.25) is 0 Å². The SMILES string of the molecule is NC(=O)C1CN(c2nnc(Cc3ccc(F)cc3)s2)CCO1. The number of primary amides is 1. The summed E-state index contributed by atoms with van der Waals surface area (Å²) in [6.45, 7) is 1.47. The molecule has 116 valence electrons. The van der Waals surface area contributed by atoms with Gasteiger partial charge in [0.05, 0.1) is 13.2 Å². The van der Waals surface area contributed by atoms with Crippen LogP contribution in [0.5, 0.6) is 0 Å². The lowest BCUT2D eigenvalue weighted by Gasteiger charge is -2.30. The Bertz CT molecular complexity index is 661. The van der Waals surface area contributed by atoms with E-state index in [0.717, 1.165) is 15.7 Å². The van der Waals surface area contributed by atoms with Crippen molar-refractivity contribution < 1.29 is 13.9 Å². The molecule has 3 rings (SSSR count). The lowest BCUT2D eigenvalue weighted by molar-refractivity contribution is -0.130. The molecule has 2 N–H and O–H groups in total. The molecule has 0 spiro atoms. The molecule has 0 aliphatic carbocycles. The number of anilines is 1. The average molecular weight is 322 g/mol. The Morgan fingerprint density at radius 3 is 2.91 bits per heavy atom. The molecule has 2 heterocycles. The van der Waals surface area contributed by atoms with Crippen LogP contribution in [0.3, 0.4) is 0 Å². The summed E-state index contributed by atoms with van der Waals surface area (Å²) in [4.78, 5) is 13.2. The molecule has 8 heteroatoms. The molecular weight excluding hydrogens is 307 g/mol. The Morgan fingerprint density at radius 1 is 1.41 bits per heavy atom. The summed E-state index contributed by atoms with van der Waals surface area (Å²) in [5, 5.41) is 9.89. The highest BCUT2D eigenvalue weighted by Gasteiger charge is 2.26. The number of rotatable bonds is 4. The van der Waals surface area contributed by atoms with Gasteiger partial charge in [-0.25, -0.2) is 4.39 Å². The minimum Gasteiger partial charge on any atom is -0.367 e. The first-order valence-electron chi connectivity index (χ1n) is 6.84. The van der Waals surface area contributed by atoms with Gasteiger partial charge in [0.25, 0.3) is 0 Å². The van der Waals surface area contributed by atoms with Crippen molar-refractivity contribution in [3.8, 4) is 0 Å². The lowest BCUT2D eigenvalue weighted by Crippen LogP contribution is -2.48. The Balaban J connectivity index is 1.68. The summed E-state index contributed by atoms with van der Waals surface area (Å²) in [7, 11) is 0. The molecule has 0 saturated carbocycles. The molecule has 1 atom stereocenters. The zero-order valence-corrected chi connectivity index (χ0v) is 12.6. The van der Waals surface area contributed by atoms with Crippen molar-refractivity contribution in [2.24, 2.45) is 5.73 Å². The van der Waals surface area contributed by atoms with E-state index >= 15 is 0 Å². The van der Waals surface area contributed by atoms with E-state index in [9.17, 15) is 9.18 Å².